The minimum atomic E-state index is -3.48. The molecule has 0 radical (unpaired) electrons. The molecule has 2 rings (SSSR count). The first kappa shape index (κ1) is 11.3. The number of H-pyrrole nitrogens is 1. The number of nitrogens with one attached hydrogen (secondary N) is 2. The molecular weight excluding hydrogens is 246 g/mol. The molecule has 16 heavy (non-hydrogen) atoms. The Morgan fingerprint density at radius 3 is 2.94 bits per heavy atom. The molecule has 0 amide bonds. The molecule has 0 saturated carbocycles. The lowest BCUT2D eigenvalue weighted by atomic mass is 10.2. The third-order valence-corrected chi connectivity index (χ3v) is 4.37. The molecule has 0 aliphatic carbocycles. The highest BCUT2D eigenvalue weighted by Crippen LogP contribution is 2.18. The molecule has 7 heteroatoms. The average molecular weight is 257 g/mol. The molecule has 2 N–H and O–H groups in total. The van der Waals surface area contributed by atoms with Crippen molar-refractivity contribution in [1.29, 1.82) is 0 Å². The predicted molar refractivity (Wildman–Crippen MR) is 61.6 cm³/mol. The summed E-state index contributed by atoms with van der Waals surface area (Å²) < 4.78 is 26.2. The quantitative estimate of drug-likeness (QED) is 0.871. The third-order valence-electron chi connectivity index (χ3n) is 2.16. The van der Waals surface area contributed by atoms with Crippen LogP contribution in [0, 0.1) is 0 Å². The van der Waals surface area contributed by atoms with E-state index >= 15 is 0 Å². The number of hydrogen-bond donors (Lipinski definition) is 2. The fraction of sp³-hybridized carbons (Fsp3) is 0.222. The van der Waals surface area contributed by atoms with Gasteiger partial charge in [0.25, 0.3) is 0 Å². The molecular formula is C9H11N3O2S2. The molecule has 0 aliphatic heterocycles. The topological polar surface area (TPSA) is 74.8 Å². The van der Waals surface area contributed by atoms with E-state index < -0.39 is 10.0 Å². The van der Waals surface area contributed by atoms with Crippen LogP contribution in [0.4, 0.5) is 0 Å². The standard InChI is InChI=1S/C9H11N3O2S2/c1-7(8-2-3-15-6-8)12-16(13,14)9-4-10-11-5-9/h2-7,12H,1H3,(H,10,11). The Kier molecular flexibility index (Phi) is 3.08. The van der Waals surface area contributed by atoms with E-state index in [-0.39, 0.29) is 10.9 Å². The smallest absolute Gasteiger partial charge is 0.244 e. The van der Waals surface area contributed by atoms with Crippen LogP contribution in [0.15, 0.2) is 34.1 Å². The Labute approximate surface area is 97.6 Å². The summed E-state index contributed by atoms with van der Waals surface area (Å²) in [4.78, 5) is 0.148. The van der Waals surface area contributed by atoms with Crippen molar-refractivity contribution < 1.29 is 8.42 Å². The lowest BCUT2D eigenvalue weighted by Gasteiger charge is -2.11. The maximum Gasteiger partial charge on any atom is 0.244 e. The van der Waals surface area contributed by atoms with Gasteiger partial charge in [-0.05, 0) is 29.3 Å². The van der Waals surface area contributed by atoms with E-state index in [1.54, 1.807) is 6.92 Å². The Balaban J connectivity index is 2.16. The maximum atomic E-state index is 11.8. The van der Waals surface area contributed by atoms with Gasteiger partial charge in [0.2, 0.25) is 10.0 Å². The van der Waals surface area contributed by atoms with Gasteiger partial charge in [-0.2, -0.15) is 16.4 Å². The molecule has 86 valence electrons. The van der Waals surface area contributed by atoms with Crippen LogP contribution >= 0.6 is 11.3 Å². The van der Waals surface area contributed by atoms with Gasteiger partial charge < -0.3 is 0 Å². The van der Waals surface area contributed by atoms with Gasteiger partial charge in [-0.1, -0.05) is 0 Å². The SMILES string of the molecule is CC(NS(=O)(=O)c1cn[nH]c1)c1ccsc1. The summed E-state index contributed by atoms with van der Waals surface area (Å²) in [7, 11) is -3.48. The number of rotatable bonds is 4. The molecule has 0 spiro atoms. The van der Waals surface area contributed by atoms with Crippen LogP contribution in [0.2, 0.25) is 0 Å². The number of nitrogens with zero attached hydrogens (tertiary/aromatic N) is 1. The molecule has 0 aromatic carbocycles. The van der Waals surface area contributed by atoms with E-state index in [1.165, 1.54) is 23.7 Å². The number of aromatic nitrogens is 2. The lowest BCUT2D eigenvalue weighted by Crippen LogP contribution is -2.26. The van der Waals surface area contributed by atoms with Crippen molar-refractivity contribution >= 4 is 21.4 Å². The van der Waals surface area contributed by atoms with Gasteiger partial charge in [0.1, 0.15) is 4.90 Å². The summed E-state index contributed by atoms with van der Waals surface area (Å²) in [6, 6.07) is 1.65. The zero-order valence-electron chi connectivity index (χ0n) is 8.54. The van der Waals surface area contributed by atoms with Gasteiger partial charge in [0, 0.05) is 12.2 Å². The summed E-state index contributed by atoms with van der Waals surface area (Å²) in [5.41, 5.74) is 0.956. The molecule has 1 atom stereocenters. The zero-order valence-corrected chi connectivity index (χ0v) is 10.2. The lowest BCUT2D eigenvalue weighted by molar-refractivity contribution is 0.567. The van der Waals surface area contributed by atoms with Crippen LogP contribution in [-0.2, 0) is 10.0 Å². The van der Waals surface area contributed by atoms with E-state index in [0.717, 1.165) is 5.56 Å². The molecule has 2 aromatic heterocycles. The fourth-order valence-electron chi connectivity index (χ4n) is 1.28. The molecule has 0 bridgehead atoms. The van der Waals surface area contributed by atoms with E-state index in [4.69, 9.17) is 0 Å². The molecule has 0 saturated heterocycles. The molecule has 2 aromatic rings. The van der Waals surface area contributed by atoms with Crippen LogP contribution in [-0.4, -0.2) is 18.6 Å². The van der Waals surface area contributed by atoms with Gasteiger partial charge in [-0.25, -0.2) is 13.1 Å². The number of thiophene rings is 1. The summed E-state index contributed by atoms with van der Waals surface area (Å²) in [5.74, 6) is 0. The fourth-order valence-corrected chi connectivity index (χ4v) is 3.17. The second kappa shape index (κ2) is 4.36. The average Bonchev–Trinajstić information content (AvgIpc) is 2.91. The zero-order chi connectivity index (χ0) is 11.6. The van der Waals surface area contributed by atoms with Crippen molar-refractivity contribution in [2.75, 3.05) is 0 Å². The number of sulfonamides is 1. The van der Waals surface area contributed by atoms with Gasteiger partial charge >= 0.3 is 0 Å². The van der Waals surface area contributed by atoms with Crippen LogP contribution in [0.1, 0.15) is 18.5 Å². The summed E-state index contributed by atoms with van der Waals surface area (Å²) in [5, 5.41) is 9.93. The van der Waals surface area contributed by atoms with E-state index in [1.807, 2.05) is 16.8 Å². The Bertz CT molecular complexity index is 531. The van der Waals surface area contributed by atoms with Gasteiger partial charge in [0.15, 0.2) is 0 Å². The maximum absolute atomic E-state index is 11.8. The Hall–Kier alpha value is -1.18. The number of hydrogen-bond acceptors (Lipinski definition) is 4. The van der Waals surface area contributed by atoms with Crippen molar-refractivity contribution in [3.63, 3.8) is 0 Å². The van der Waals surface area contributed by atoms with Crippen molar-refractivity contribution in [2.24, 2.45) is 0 Å². The van der Waals surface area contributed by atoms with Crippen molar-refractivity contribution in [2.45, 2.75) is 17.9 Å². The van der Waals surface area contributed by atoms with Gasteiger partial charge in [-0.15, -0.1) is 0 Å². The number of aromatic amines is 1. The van der Waals surface area contributed by atoms with Gasteiger partial charge in [-0.3, -0.25) is 5.10 Å². The predicted octanol–water partition coefficient (Wildman–Crippen LogP) is 1.51. The minimum Gasteiger partial charge on any atom is -0.284 e. The normalized spacial score (nSPS) is 13.8. The second-order valence-corrected chi connectivity index (χ2v) is 5.83. The Morgan fingerprint density at radius 2 is 2.38 bits per heavy atom. The van der Waals surface area contributed by atoms with Crippen LogP contribution < -0.4 is 4.72 Å². The molecule has 2 heterocycles. The first-order valence-electron chi connectivity index (χ1n) is 4.63. The largest absolute Gasteiger partial charge is 0.284 e. The first-order valence-corrected chi connectivity index (χ1v) is 7.05. The first-order chi connectivity index (χ1) is 7.59. The monoisotopic (exact) mass is 257 g/mol. The summed E-state index contributed by atoms with van der Waals surface area (Å²) >= 11 is 1.54. The highest BCUT2D eigenvalue weighted by Gasteiger charge is 2.19. The van der Waals surface area contributed by atoms with Crippen LogP contribution in [0.5, 0.6) is 0 Å². The van der Waals surface area contributed by atoms with Crippen molar-refractivity contribution in [3.8, 4) is 0 Å². The minimum absolute atomic E-state index is 0.148. The van der Waals surface area contributed by atoms with E-state index in [2.05, 4.69) is 14.9 Å². The van der Waals surface area contributed by atoms with Gasteiger partial charge in [0.05, 0.1) is 6.20 Å². The van der Waals surface area contributed by atoms with Crippen LogP contribution in [0.3, 0.4) is 0 Å². The van der Waals surface area contributed by atoms with Crippen molar-refractivity contribution in [3.05, 3.63) is 34.8 Å². The highest BCUT2D eigenvalue weighted by atomic mass is 32.2. The molecule has 5 nitrogen and oxygen atoms in total. The highest BCUT2D eigenvalue weighted by molar-refractivity contribution is 7.89. The third kappa shape index (κ3) is 2.31. The summed E-state index contributed by atoms with van der Waals surface area (Å²) in [6.07, 6.45) is 2.63. The van der Waals surface area contributed by atoms with Crippen LogP contribution in [0.25, 0.3) is 0 Å². The van der Waals surface area contributed by atoms with E-state index in [9.17, 15) is 8.42 Å². The second-order valence-electron chi connectivity index (χ2n) is 3.33. The Morgan fingerprint density at radius 1 is 1.56 bits per heavy atom. The molecule has 0 fully saturated rings. The van der Waals surface area contributed by atoms with E-state index in [0.29, 0.717) is 0 Å². The molecule has 1 unspecified atom stereocenters. The summed E-state index contributed by atoms with van der Waals surface area (Å²) in [6.45, 7) is 1.81. The molecule has 0 aliphatic rings. The van der Waals surface area contributed by atoms with Crippen molar-refractivity contribution in [1.82, 2.24) is 14.9 Å².